The maximum atomic E-state index is 12.7. The summed E-state index contributed by atoms with van der Waals surface area (Å²) in [5.74, 6) is -1.86. The standard InChI is InChI=1S/C19H17ClF3N5O2/c1-28(9-16(29)24-12-4-2-3-11(20)7-12)10-17(30)25-13-5-6-14-15(8-13)27-18(26-14)19(21,22)23/h2-8H,9-10H2,1H3,(H,24,29)(H,25,30)(H,26,27). The monoisotopic (exact) mass is 439 g/mol. The summed E-state index contributed by atoms with van der Waals surface area (Å²) in [6, 6.07) is 10.9. The Morgan fingerprint density at radius 1 is 1.07 bits per heavy atom. The molecular formula is C19H17ClF3N5O2. The normalized spacial score (nSPS) is 11.7. The number of H-pyrrole nitrogens is 1. The Bertz CT molecular complexity index is 1080. The molecule has 1 aromatic heterocycles. The van der Waals surface area contributed by atoms with Crippen molar-refractivity contribution in [1.82, 2.24) is 14.9 Å². The number of benzene rings is 2. The second-order valence-electron chi connectivity index (χ2n) is 6.59. The van der Waals surface area contributed by atoms with E-state index < -0.39 is 17.9 Å². The number of nitrogens with one attached hydrogen (secondary N) is 3. The molecule has 1 heterocycles. The molecule has 3 N–H and O–H groups in total. The molecule has 0 saturated carbocycles. The van der Waals surface area contributed by atoms with Crippen LogP contribution in [-0.4, -0.2) is 46.8 Å². The van der Waals surface area contributed by atoms with Crippen molar-refractivity contribution in [3.05, 3.63) is 53.3 Å². The van der Waals surface area contributed by atoms with Crippen molar-refractivity contribution in [2.75, 3.05) is 30.8 Å². The van der Waals surface area contributed by atoms with Gasteiger partial charge in [-0.25, -0.2) is 4.98 Å². The van der Waals surface area contributed by atoms with E-state index in [2.05, 4.69) is 20.6 Å². The van der Waals surface area contributed by atoms with E-state index in [9.17, 15) is 22.8 Å². The van der Waals surface area contributed by atoms with Gasteiger partial charge in [0.2, 0.25) is 17.6 Å². The Morgan fingerprint density at radius 3 is 2.30 bits per heavy atom. The third-order valence-electron chi connectivity index (χ3n) is 3.97. The summed E-state index contributed by atoms with van der Waals surface area (Å²) in [5.41, 5.74) is 1.13. The molecule has 158 valence electrons. The van der Waals surface area contributed by atoms with Crippen molar-refractivity contribution in [1.29, 1.82) is 0 Å². The zero-order chi connectivity index (χ0) is 21.9. The van der Waals surface area contributed by atoms with Gasteiger partial charge in [-0.3, -0.25) is 14.5 Å². The van der Waals surface area contributed by atoms with Crippen molar-refractivity contribution in [3.8, 4) is 0 Å². The number of likely N-dealkylation sites (N-methyl/N-ethyl adjacent to an activating group) is 1. The number of aromatic nitrogens is 2. The minimum absolute atomic E-state index is 0.0472. The van der Waals surface area contributed by atoms with Gasteiger partial charge in [-0.05, 0) is 43.4 Å². The van der Waals surface area contributed by atoms with E-state index in [1.807, 2.05) is 0 Å². The van der Waals surface area contributed by atoms with Crippen molar-refractivity contribution >= 4 is 45.8 Å². The number of anilines is 2. The zero-order valence-electron chi connectivity index (χ0n) is 15.7. The lowest BCUT2D eigenvalue weighted by Gasteiger charge is -2.16. The number of fused-ring (bicyclic) bond motifs is 1. The molecule has 3 rings (SSSR count). The summed E-state index contributed by atoms with van der Waals surface area (Å²) in [6.07, 6.45) is -4.59. The molecule has 7 nitrogen and oxygen atoms in total. The van der Waals surface area contributed by atoms with Crippen LogP contribution in [0.3, 0.4) is 0 Å². The molecule has 3 aromatic rings. The van der Waals surface area contributed by atoms with Crippen LogP contribution in [0.15, 0.2) is 42.5 Å². The van der Waals surface area contributed by atoms with Crippen LogP contribution < -0.4 is 10.6 Å². The van der Waals surface area contributed by atoms with E-state index in [1.54, 1.807) is 31.3 Å². The number of carbonyl (C=O) groups is 2. The number of nitrogens with zero attached hydrogens (tertiary/aromatic N) is 2. The molecule has 0 atom stereocenters. The van der Waals surface area contributed by atoms with Crippen LogP contribution in [0.5, 0.6) is 0 Å². The van der Waals surface area contributed by atoms with Gasteiger partial charge in [-0.1, -0.05) is 17.7 Å². The van der Waals surface area contributed by atoms with Gasteiger partial charge >= 0.3 is 6.18 Å². The van der Waals surface area contributed by atoms with Crippen LogP contribution in [0, 0.1) is 0 Å². The summed E-state index contributed by atoms with van der Waals surface area (Å²) in [5, 5.41) is 5.74. The highest BCUT2D eigenvalue weighted by Crippen LogP contribution is 2.29. The molecule has 0 bridgehead atoms. The summed E-state index contributed by atoms with van der Waals surface area (Å²) in [7, 11) is 1.59. The van der Waals surface area contributed by atoms with Crippen LogP contribution in [0.4, 0.5) is 24.5 Å². The smallest absolute Gasteiger partial charge is 0.334 e. The quantitative estimate of drug-likeness (QED) is 0.545. The number of hydrogen-bond acceptors (Lipinski definition) is 4. The first-order chi connectivity index (χ1) is 14.1. The predicted molar refractivity (Wildman–Crippen MR) is 107 cm³/mol. The number of halogens is 4. The third-order valence-corrected chi connectivity index (χ3v) is 4.20. The lowest BCUT2D eigenvalue weighted by atomic mass is 10.2. The fourth-order valence-electron chi connectivity index (χ4n) is 2.74. The van der Waals surface area contributed by atoms with E-state index in [1.165, 1.54) is 23.1 Å². The van der Waals surface area contributed by atoms with Crippen molar-refractivity contribution in [2.24, 2.45) is 0 Å². The molecule has 11 heteroatoms. The molecule has 0 aliphatic heterocycles. The fraction of sp³-hybridized carbons (Fsp3) is 0.211. The largest absolute Gasteiger partial charge is 0.449 e. The Morgan fingerprint density at radius 2 is 1.70 bits per heavy atom. The molecular weight excluding hydrogens is 423 g/mol. The van der Waals surface area contributed by atoms with E-state index >= 15 is 0 Å². The topological polar surface area (TPSA) is 90.1 Å². The van der Waals surface area contributed by atoms with Crippen LogP contribution in [0.2, 0.25) is 5.02 Å². The highest BCUT2D eigenvalue weighted by atomic mass is 35.5. The third kappa shape index (κ3) is 5.71. The molecule has 2 amide bonds. The van der Waals surface area contributed by atoms with Gasteiger partial charge in [-0.2, -0.15) is 13.2 Å². The predicted octanol–water partition coefficient (Wildman–Crippen LogP) is 3.74. The number of alkyl halides is 3. The summed E-state index contributed by atoms with van der Waals surface area (Å²) < 4.78 is 38.2. The van der Waals surface area contributed by atoms with Crippen LogP contribution in [-0.2, 0) is 15.8 Å². The van der Waals surface area contributed by atoms with E-state index in [4.69, 9.17) is 11.6 Å². The minimum atomic E-state index is -4.59. The molecule has 0 saturated heterocycles. The highest BCUT2D eigenvalue weighted by Gasteiger charge is 2.34. The summed E-state index contributed by atoms with van der Waals surface area (Å²) >= 11 is 5.86. The number of hydrogen-bond donors (Lipinski definition) is 3. The number of imidazole rings is 1. The number of aromatic amines is 1. The number of amides is 2. The maximum Gasteiger partial charge on any atom is 0.449 e. The van der Waals surface area contributed by atoms with Gasteiger partial charge in [0, 0.05) is 16.4 Å². The Balaban J connectivity index is 1.54. The maximum absolute atomic E-state index is 12.7. The summed E-state index contributed by atoms with van der Waals surface area (Å²) in [6.45, 7) is -0.147. The fourth-order valence-corrected chi connectivity index (χ4v) is 2.93. The highest BCUT2D eigenvalue weighted by molar-refractivity contribution is 6.30. The van der Waals surface area contributed by atoms with Crippen LogP contribution in [0.1, 0.15) is 5.82 Å². The van der Waals surface area contributed by atoms with E-state index in [0.29, 0.717) is 16.4 Å². The first-order valence-electron chi connectivity index (χ1n) is 8.71. The molecule has 30 heavy (non-hydrogen) atoms. The zero-order valence-corrected chi connectivity index (χ0v) is 16.4. The Hall–Kier alpha value is -3.11. The molecule has 2 aromatic carbocycles. The van der Waals surface area contributed by atoms with Crippen LogP contribution >= 0.6 is 11.6 Å². The van der Waals surface area contributed by atoms with Crippen molar-refractivity contribution in [2.45, 2.75) is 6.18 Å². The Labute approximate surface area is 174 Å². The van der Waals surface area contributed by atoms with E-state index in [-0.39, 0.29) is 30.0 Å². The minimum Gasteiger partial charge on any atom is -0.334 e. The van der Waals surface area contributed by atoms with Gasteiger partial charge in [0.05, 0.1) is 24.1 Å². The first kappa shape index (κ1) is 21.6. The van der Waals surface area contributed by atoms with Crippen LogP contribution in [0.25, 0.3) is 11.0 Å². The van der Waals surface area contributed by atoms with Gasteiger partial charge < -0.3 is 15.6 Å². The average molecular weight is 440 g/mol. The van der Waals surface area contributed by atoms with Gasteiger partial charge in [0.25, 0.3) is 0 Å². The first-order valence-corrected chi connectivity index (χ1v) is 9.09. The average Bonchev–Trinajstić information content (AvgIpc) is 3.05. The van der Waals surface area contributed by atoms with Gasteiger partial charge in [0.1, 0.15) is 0 Å². The van der Waals surface area contributed by atoms with Gasteiger partial charge in [-0.15, -0.1) is 0 Å². The molecule has 0 radical (unpaired) electrons. The Kier molecular flexibility index (Phi) is 6.28. The van der Waals surface area contributed by atoms with Crippen molar-refractivity contribution < 1.29 is 22.8 Å². The number of carbonyl (C=O) groups excluding carboxylic acids is 2. The van der Waals surface area contributed by atoms with E-state index in [0.717, 1.165) is 0 Å². The van der Waals surface area contributed by atoms with Gasteiger partial charge in [0.15, 0.2) is 0 Å². The molecule has 0 unspecified atom stereocenters. The second-order valence-corrected chi connectivity index (χ2v) is 7.03. The van der Waals surface area contributed by atoms with Crippen molar-refractivity contribution in [3.63, 3.8) is 0 Å². The summed E-state index contributed by atoms with van der Waals surface area (Å²) in [4.78, 5) is 31.4. The lowest BCUT2D eigenvalue weighted by Crippen LogP contribution is -2.36. The second kappa shape index (κ2) is 8.72. The SMILES string of the molecule is CN(CC(=O)Nc1cccc(Cl)c1)CC(=O)Nc1ccc2nc(C(F)(F)F)[nH]c2c1. The molecule has 0 aliphatic carbocycles. The molecule has 0 fully saturated rings. The molecule has 0 aliphatic rings. The molecule has 0 spiro atoms. The number of rotatable bonds is 6. The lowest BCUT2D eigenvalue weighted by molar-refractivity contribution is -0.144.